The molecule has 0 radical (unpaired) electrons. The second kappa shape index (κ2) is 26.9. The molecule has 6 rings (SSSR count). The Bertz CT molecular complexity index is 1760. The summed E-state index contributed by atoms with van der Waals surface area (Å²) in [6.07, 6.45) is 7.36. The summed E-state index contributed by atoms with van der Waals surface area (Å²) in [7, 11) is -3.76. The number of hydrogen-bond acceptors (Lipinski definition) is 10. The van der Waals surface area contributed by atoms with Gasteiger partial charge in [0.25, 0.3) is 0 Å². The summed E-state index contributed by atoms with van der Waals surface area (Å²) >= 11 is 0. The van der Waals surface area contributed by atoms with Crippen LogP contribution in [0.2, 0.25) is 0 Å². The molecule has 15 heteroatoms. The summed E-state index contributed by atoms with van der Waals surface area (Å²) in [4.78, 5) is 9.59. The summed E-state index contributed by atoms with van der Waals surface area (Å²) < 4.78 is 38.3. The van der Waals surface area contributed by atoms with E-state index < -0.39 is 22.0 Å². The lowest BCUT2D eigenvalue weighted by molar-refractivity contribution is 0.0481. The maximum atomic E-state index is 13.3. The van der Waals surface area contributed by atoms with Crippen molar-refractivity contribution in [1.82, 2.24) is 19.6 Å². The Morgan fingerprint density at radius 2 is 0.814 bits per heavy atom. The highest BCUT2D eigenvalue weighted by molar-refractivity contribution is 7.91. The zero-order valence-corrected chi connectivity index (χ0v) is 37.2. The molecular formula is C44H58Cl4N4O6S. The number of β-amino-alcohol motifs (C(OH)–C–C–N with tert-alkyl or cyclic N) is 2. The van der Waals surface area contributed by atoms with Gasteiger partial charge in [-0.05, 0) is 59.7 Å². The summed E-state index contributed by atoms with van der Waals surface area (Å²) in [5.41, 5.74) is 2.40. The fourth-order valence-electron chi connectivity index (χ4n) is 6.77. The Balaban J connectivity index is 0.00000300. The summed E-state index contributed by atoms with van der Waals surface area (Å²) in [6, 6.07) is 33.1. The number of nitrogens with zero attached hydrogens (tertiary/aromatic N) is 4. The average molecular weight is 913 g/mol. The van der Waals surface area contributed by atoms with Crippen LogP contribution in [0.4, 0.5) is 0 Å². The second-order valence-electron chi connectivity index (χ2n) is 14.2. The van der Waals surface area contributed by atoms with Crippen LogP contribution >= 0.6 is 49.6 Å². The van der Waals surface area contributed by atoms with Gasteiger partial charge in [0.05, 0.1) is 9.79 Å². The molecule has 2 heterocycles. The average Bonchev–Trinajstić information content (AvgIpc) is 3.22. The molecule has 0 aromatic heterocycles. The van der Waals surface area contributed by atoms with E-state index in [1.165, 1.54) is 35.4 Å². The van der Waals surface area contributed by atoms with Gasteiger partial charge in [-0.1, -0.05) is 85.0 Å². The minimum Gasteiger partial charge on any atom is -0.491 e. The van der Waals surface area contributed by atoms with Crippen molar-refractivity contribution in [3.05, 3.63) is 132 Å². The van der Waals surface area contributed by atoms with Crippen molar-refractivity contribution >= 4 is 71.6 Å². The molecule has 59 heavy (non-hydrogen) atoms. The molecule has 0 bridgehead atoms. The maximum absolute atomic E-state index is 13.3. The third-order valence-corrected chi connectivity index (χ3v) is 11.8. The minimum absolute atomic E-state index is 0. The molecule has 2 fully saturated rings. The van der Waals surface area contributed by atoms with Gasteiger partial charge in [0.15, 0.2) is 0 Å². The zero-order valence-electron chi connectivity index (χ0n) is 33.1. The molecule has 2 unspecified atom stereocenters. The van der Waals surface area contributed by atoms with Crippen LogP contribution < -0.4 is 9.47 Å². The first-order valence-electron chi connectivity index (χ1n) is 19.2. The van der Waals surface area contributed by atoms with E-state index in [-0.39, 0.29) is 72.6 Å². The van der Waals surface area contributed by atoms with Crippen LogP contribution in [0.1, 0.15) is 11.1 Å². The largest absolute Gasteiger partial charge is 0.491 e. The SMILES string of the molecule is Cl.Cl.Cl.Cl.O=S(=O)(c1ccc(OCC(O)CN2CCN(C/C=C\c3ccccc3)CC2)cc1)c1ccc(OCC(O)CN2CCN(C/C=C\c3ccccc3)CC2)cc1. The van der Waals surface area contributed by atoms with E-state index in [1.807, 2.05) is 36.4 Å². The highest BCUT2D eigenvalue weighted by Gasteiger charge is 2.22. The van der Waals surface area contributed by atoms with Crippen molar-refractivity contribution in [1.29, 1.82) is 0 Å². The number of rotatable bonds is 18. The number of halogens is 4. The van der Waals surface area contributed by atoms with Crippen LogP contribution in [0.25, 0.3) is 12.2 Å². The maximum Gasteiger partial charge on any atom is 0.206 e. The summed E-state index contributed by atoms with van der Waals surface area (Å²) in [5.74, 6) is 0.987. The van der Waals surface area contributed by atoms with E-state index in [0.29, 0.717) is 24.6 Å². The van der Waals surface area contributed by atoms with Crippen molar-refractivity contribution in [3.8, 4) is 11.5 Å². The van der Waals surface area contributed by atoms with Crippen molar-refractivity contribution in [2.75, 3.05) is 91.8 Å². The number of benzene rings is 4. The van der Waals surface area contributed by atoms with Crippen molar-refractivity contribution in [3.63, 3.8) is 0 Å². The van der Waals surface area contributed by atoms with Crippen LogP contribution in [-0.2, 0) is 9.84 Å². The highest BCUT2D eigenvalue weighted by atomic mass is 35.5. The standard InChI is InChI=1S/C44H54N4O6S.4ClH/c49-39(33-47-29-25-45(26-30-47)23-7-13-37-9-3-1-4-10-37)35-53-41-15-19-43(20-16-41)55(51,52)44-21-17-42(18-22-44)54-36-40(50)34-48-31-27-46(28-32-48)24-8-14-38-11-5-2-6-12-38;;;;/h1-22,39-40,49-50H,23-36H2;4*1H/b13-7-,14-8-;;;;. The molecule has 0 aliphatic carbocycles. The number of piperazine rings is 2. The number of sulfone groups is 1. The Morgan fingerprint density at radius 3 is 1.15 bits per heavy atom. The number of hydrogen-bond donors (Lipinski definition) is 2. The van der Waals surface area contributed by atoms with Crippen molar-refractivity contribution < 1.29 is 28.1 Å². The molecule has 2 aliphatic rings. The van der Waals surface area contributed by atoms with Crippen LogP contribution in [0.3, 0.4) is 0 Å². The smallest absolute Gasteiger partial charge is 0.206 e. The van der Waals surface area contributed by atoms with Crippen LogP contribution in [0.5, 0.6) is 11.5 Å². The molecule has 4 aromatic carbocycles. The highest BCUT2D eigenvalue weighted by Crippen LogP contribution is 2.25. The number of aliphatic hydroxyl groups excluding tert-OH is 2. The molecule has 4 aromatic rings. The van der Waals surface area contributed by atoms with Crippen LogP contribution in [0.15, 0.2) is 131 Å². The Morgan fingerprint density at radius 1 is 0.492 bits per heavy atom. The molecule has 0 saturated carbocycles. The first-order chi connectivity index (χ1) is 26.8. The normalized spacial score (nSPS) is 16.6. The lowest BCUT2D eigenvalue weighted by Crippen LogP contribution is -2.49. The quantitative estimate of drug-likeness (QED) is 0.118. The molecular weight excluding hydrogens is 854 g/mol. The van der Waals surface area contributed by atoms with Gasteiger partial charge < -0.3 is 19.7 Å². The molecule has 2 atom stereocenters. The zero-order chi connectivity index (χ0) is 38.3. The third-order valence-electron chi connectivity index (χ3n) is 9.97. The molecule has 0 spiro atoms. The van der Waals surface area contributed by atoms with Gasteiger partial charge in [0.2, 0.25) is 9.84 Å². The predicted octanol–water partition coefficient (Wildman–Crippen LogP) is 6.35. The fraction of sp³-hybridized carbons (Fsp3) is 0.364. The minimum atomic E-state index is -3.76. The van der Waals surface area contributed by atoms with Gasteiger partial charge in [-0.15, -0.1) is 49.6 Å². The first-order valence-corrected chi connectivity index (χ1v) is 20.7. The molecule has 0 amide bonds. The van der Waals surface area contributed by atoms with E-state index >= 15 is 0 Å². The monoisotopic (exact) mass is 910 g/mol. The van der Waals surface area contributed by atoms with Crippen LogP contribution in [0, 0.1) is 0 Å². The van der Waals surface area contributed by atoms with Crippen molar-refractivity contribution in [2.24, 2.45) is 0 Å². The summed E-state index contributed by atoms with van der Waals surface area (Å²) in [6.45, 7) is 10.4. The lowest BCUT2D eigenvalue weighted by atomic mass is 10.2. The van der Waals surface area contributed by atoms with E-state index in [0.717, 1.165) is 65.4 Å². The van der Waals surface area contributed by atoms with E-state index in [1.54, 1.807) is 24.3 Å². The van der Waals surface area contributed by atoms with E-state index in [9.17, 15) is 18.6 Å². The first kappa shape index (κ1) is 52.0. The number of aliphatic hydroxyl groups is 2. The van der Waals surface area contributed by atoms with E-state index in [4.69, 9.17) is 9.47 Å². The predicted molar refractivity (Wildman–Crippen MR) is 247 cm³/mol. The Kier molecular flexibility index (Phi) is 23.7. The van der Waals surface area contributed by atoms with Gasteiger partial charge in [-0.3, -0.25) is 19.6 Å². The third kappa shape index (κ3) is 17.0. The van der Waals surface area contributed by atoms with Gasteiger partial charge in [0, 0.05) is 78.5 Å². The van der Waals surface area contributed by atoms with Gasteiger partial charge in [-0.2, -0.15) is 0 Å². The second-order valence-corrected chi connectivity index (χ2v) is 16.2. The topological polar surface area (TPSA) is 106 Å². The molecule has 324 valence electrons. The van der Waals surface area contributed by atoms with E-state index in [2.05, 4.69) is 68.2 Å². The molecule has 10 nitrogen and oxygen atoms in total. The van der Waals surface area contributed by atoms with Gasteiger partial charge in [0.1, 0.15) is 36.9 Å². The summed E-state index contributed by atoms with van der Waals surface area (Å²) in [5, 5.41) is 21.3. The van der Waals surface area contributed by atoms with Gasteiger partial charge >= 0.3 is 0 Å². The fourth-order valence-corrected chi connectivity index (χ4v) is 8.03. The lowest BCUT2D eigenvalue weighted by Gasteiger charge is -2.35. The number of ether oxygens (including phenoxy) is 2. The molecule has 2 saturated heterocycles. The van der Waals surface area contributed by atoms with Gasteiger partial charge in [-0.25, -0.2) is 8.42 Å². The molecule has 2 aliphatic heterocycles. The molecule has 2 N–H and O–H groups in total. The Hall–Kier alpha value is -3.17. The van der Waals surface area contributed by atoms with Crippen molar-refractivity contribution in [2.45, 2.75) is 22.0 Å². The Labute approximate surface area is 375 Å². The van der Waals surface area contributed by atoms with Crippen LogP contribution in [-0.4, -0.2) is 142 Å².